The van der Waals surface area contributed by atoms with Crippen molar-refractivity contribution in [3.05, 3.63) is 23.8 Å². The van der Waals surface area contributed by atoms with Gasteiger partial charge in [-0.05, 0) is 43.5 Å². The van der Waals surface area contributed by atoms with E-state index in [4.69, 9.17) is 5.73 Å². The van der Waals surface area contributed by atoms with E-state index in [1.165, 1.54) is 56.6 Å². The first-order valence-corrected chi connectivity index (χ1v) is 9.10. The van der Waals surface area contributed by atoms with Crippen molar-refractivity contribution in [1.82, 2.24) is 4.90 Å². The van der Waals surface area contributed by atoms with E-state index in [9.17, 15) is 0 Å². The zero-order valence-corrected chi connectivity index (χ0v) is 15.1. The van der Waals surface area contributed by atoms with E-state index in [1.54, 1.807) is 0 Å². The van der Waals surface area contributed by atoms with Crippen LogP contribution in [0.25, 0.3) is 0 Å². The molecule has 4 nitrogen and oxygen atoms in total. The number of nitrogens with zero attached hydrogens (tertiary/aromatic N) is 3. The Labute approximate surface area is 141 Å². The maximum absolute atomic E-state index is 5.96. The molecule has 0 amide bonds. The maximum Gasteiger partial charge on any atom is 0.101 e. The molecule has 1 aromatic carbocycles. The second-order valence-corrected chi connectivity index (χ2v) is 8.19. The van der Waals surface area contributed by atoms with Gasteiger partial charge in [-0.2, -0.15) is 0 Å². The zero-order valence-electron chi connectivity index (χ0n) is 15.1. The Morgan fingerprint density at radius 3 is 2.78 bits per heavy atom. The van der Waals surface area contributed by atoms with Crippen molar-refractivity contribution in [2.75, 3.05) is 64.5 Å². The van der Waals surface area contributed by atoms with Crippen LogP contribution in [0, 0.1) is 0 Å². The van der Waals surface area contributed by atoms with Crippen LogP contribution in [0.1, 0.15) is 24.8 Å². The molecule has 2 heterocycles. The van der Waals surface area contributed by atoms with Crippen molar-refractivity contribution in [3.63, 3.8) is 0 Å². The molecule has 1 atom stereocenters. The summed E-state index contributed by atoms with van der Waals surface area (Å²) in [5.74, 6) is 0. The molecule has 0 radical (unpaired) electrons. The Morgan fingerprint density at radius 1 is 1.17 bits per heavy atom. The van der Waals surface area contributed by atoms with E-state index in [0.29, 0.717) is 0 Å². The van der Waals surface area contributed by atoms with Crippen LogP contribution in [-0.2, 0) is 6.42 Å². The monoisotopic (exact) mass is 317 g/mol. The lowest BCUT2D eigenvalue weighted by molar-refractivity contribution is -0.896. The van der Waals surface area contributed by atoms with Gasteiger partial charge in [0.15, 0.2) is 0 Å². The molecule has 128 valence electrons. The summed E-state index contributed by atoms with van der Waals surface area (Å²) in [6.07, 6.45) is 5.14. The molecule has 0 spiro atoms. The highest BCUT2D eigenvalue weighted by atomic mass is 15.3. The minimum atomic E-state index is 0.788. The number of hydrogen-bond donors (Lipinski definition) is 1. The number of piperidine rings is 1. The topological polar surface area (TPSA) is 32.5 Å². The standard InChI is InChI=1S/C19H33N4/c1-23(2,3)18-6-4-10-21(15-18)11-5-12-22-13-9-16-7-8-17(20)14-19(16)22/h7-8,14,18H,4-6,9-13,15,20H2,1-3H3/q+1. The highest BCUT2D eigenvalue weighted by molar-refractivity contribution is 5.64. The van der Waals surface area contributed by atoms with Crippen LogP contribution >= 0.6 is 0 Å². The van der Waals surface area contributed by atoms with Gasteiger partial charge in [-0.3, -0.25) is 4.90 Å². The van der Waals surface area contributed by atoms with Crippen LogP contribution in [0.15, 0.2) is 18.2 Å². The number of quaternary nitrogens is 1. The fourth-order valence-electron chi connectivity index (χ4n) is 4.05. The van der Waals surface area contributed by atoms with Gasteiger partial charge >= 0.3 is 0 Å². The number of nitrogens with two attached hydrogens (primary N) is 1. The normalized spacial score (nSPS) is 22.4. The van der Waals surface area contributed by atoms with E-state index in [2.05, 4.69) is 43.1 Å². The van der Waals surface area contributed by atoms with Crippen LogP contribution in [0.2, 0.25) is 0 Å². The Morgan fingerprint density at radius 2 is 2.00 bits per heavy atom. The van der Waals surface area contributed by atoms with Gasteiger partial charge in [0.2, 0.25) is 0 Å². The van der Waals surface area contributed by atoms with Gasteiger partial charge in [0, 0.05) is 37.4 Å². The molecule has 0 aromatic heterocycles. The molecule has 1 aromatic rings. The molecule has 4 heteroatoms. The summed E-state index contributed by atoms with van der Waals surface area (Å²) in [6, 6.07) is 7.16. The summed E-state index contributed by atoms with van der Waals surface area (Å²) in [5.41, 5.74) is 9.67. The van der Waals surface area contributed by atoms with Crippen LogP contribution in [0.3, 0.4) is 0 Å². The fourth-order valence-corrected chi connectivity index (χ4v) is 4.05. The summed E-state index contributed by atoms with van der Waals surface area (Å²) >= 11 is 0. The first-order chi connectivity index (χ1) is 10.9. The first kappa shape index (κ1) is 16.6. The molecule has 1 unspecified atom stereocenters. The molecule has 1 saturated heterocycles. The summed E-state index contributed by atoms with van der Waals surface area (Å²) in [4.78, 5) is 5.20. The van der Waals surface area contributed by atoms with E-state index in [1.807, 2.05) is 6.07 Å². The van der Waals surface area contributed by atoms with Gasteiger partial charge in [0.25, 0.3) is 0 Å². The van der Waals surface area contributed by atoms with Gasteiger partial charge in [-0.25, -0.2) is 0 Å². The molecule has 2 N–H and O–H groups in total. The SMILES string of the molecule is C[N+](C)(C)C1CCCN(CCCN2CCc3ccc(N)cc32)C1. The Balaban J connectivity index is 1.48. The molecule has 1 fully saturated rings. The van der Waals surface area contributed by atoms with Gasteiger partial charge in [-0.1, -0.05) is 6.07 Å². The average molecular weight is 318 g/mol. The number of fused-ring (bicyclic) bond motifs is 1. The van der Waals surface area contributed by atoms with Gasteiger partial charge in [0.1, 0.15) is 6.04 Å². The second kappa shape index (κ2) is 6.70. The van der Waals surface area contributed by atoms with E-state index < -0.39 is 0 Å². The number of anilines is 2. The first-order valence-electron chi connectivity index (χ1n) is 9.10. The van der Waals surface area contributed by atoms with Gasteiger partial charge < -0.3 is 15.1 Å². The van der Waals surface area contributed by atoms with E-state index in [0.717, 1.165) is 29.3 Å². The number of nitrogen functional groups attached to an aromatic ring is 1. The van der Waals surface area contributed by atoms with Crippen molar-refractivity contribution in [2.24, 2.45) is 0 Å². The Bertz CT molecular complexity index is 535. The fraction of sp³-hybridized carbons (Fsp3) is 0.684. The zero-order chi connectivity index (χ0) is 16.4. The largest absolute Gasteiger partial charge is 0.399 e. The van der Waals surface area contributed by atoms with Crippen LogP contribution < -0.4 is 10.6 Å². The summed E-state index contributed by atoms with van der Waals surface area (Å²) in [5, 5.41) is 0. The van der Waals surface area contributed by atoms with Crippen LogP contribution in [0.4, 0.5) is 11.4 Å². The van der Waals surface area contributed by atoms with Crippen LogP contribution in [-0.4, -0.2) is 69.3 Å². The molecule has 3 rings (SSSR count). The summed E-state index contributed by atoms with van der Waals surface area (Å²) < 4.78 is 1.09. The van der Waals surface area contributed by atoms with Gasteiger partial charge in [0.05, 0.1) is 27.7 Å². The molecule has 0 saturated carbocycles. The third-order valence-corrected chi connectivity index (χ3v) is 5.58. The quantitative estimate of drug-likeness (QED) is 0.667. The Kier molecular flexibility index (Phi) is 4.83. The molecular weight excluding hydrogens is 284 g/mol. The smallest absolute Gasteiger partial charge is 0.101 e. The van der Waals surface area contributed by atoms with Crippen molar-refractivity contribution < 1.29 is 4.48 Å². The number of likely N-dealkylation sites (N-methyl/N-ethyl adjacent to an activating group) is 1. The third-order valence-electron chi connectivity index (χ3n) is 5.58. The number of hydrogen-bond acceptors (Lipinski definition) is 3. The third kappa shape index (κ3) is 3.99. The molecule has 2 aliphatic heterocycles. The lowest BCUT2D eigenvalue weighted by atomic mass is 10.0. The molecule has 2 aliphatic rings. The average Bonchev–Trinajstić information content (AvgIpc) is 2.89. The molecule has 23 heavy (non-hydrogen) atoms. The number of rotatable bonds is 5. The van der Waals surface area contributed by atoms with Crippen molar-refractivity contribution in [2.45, 2.75) is 31.7 Å². The predicted octanol–water partition coefficient (Wildman–Crippen LogP) is 2.19. The summed E-state index contributed by atoms with van der Waals surface area (Å²) in [7, 11) is 7.00. The molecule has 0 aliphatic carbocycles. The van der Waals surface area contributed by atoms with E-state index in [-0.39, 0.29) is 0 Å². The molecule has 0 bridgehead atoms. The minimum absolute atomic E-state index is 0.788. The van der Waals surface area contributed by atoms with Crippen molar-refractivity contribution >= 4 is 11.4 Å². The highest BCUT2D eigenvalue weighted by Crippen LogP contribution is 2.30. The number of likely N-dealkylation sites (tertiary alicyclic amines) is 1. The predicted molar refractivity (Wildman–Crippen MR) is 98.9 cm³/mol. The van der Waals surface area contributed by atoms with Crippen molar-refractivity contribution in [1.29, 1.82) is 0 Å². The molecular formula is C19H33N4+. The number of benzene rings is 1. The minimum Gasteiger partial charge on any atom is -0.399 e. The Hall–Kier alpha value is -1.26. The van der Waals surface area contributed by atoms with E-state index >= 15 is 0 Å². The van der Waals surface area contributed by atoms with Crippen molar-refractivity contribution in [3.8, 4) is 0 Å². The second-order valence-electron chi connectivity index (χ2n) is 8.19. The van der Waals surface area contributed by atoms with Crippen LogP contribution in [0.5, 0.6) is 0 Å². The lowest BCUT2D eigenvalue weighted by Gasteiger charge is -2.41. The summed E-state index contributed by atoms with van der Waals surface area (Å²) in [6.45, 7) is 6.07. The maximum atomic E-state index is 5.96. The lowest BCUT2D eigenvalue weighted by Crippen LogP contribution is -2.54. The van der Waals surface area contributed by atoms with Gasteiger partial charge in [-0.15, -0.1) is 0 Å². The highest BCUT2D eigenvalue weighted by Gasteiger charge is 2.29.